The van der Waals surface area contributed by atoms with E-state index in [0.29, 0.717) is 17.8 Å². The number of nitrogens with one attached hydrogen (secondary N) is 1. The SMILES string of the molecule is COc1ccc(C)nc1NS(=O)(=O)c1ccc(C(F)(F)F)cc1. The number of aromatic nitrogens is 1. The highest BCUT2D eigenvalue weighted by molar-refractivity contribution is 7.92. The smallest absolute Gasteiger partial charge is 0.416 e. The van der Waals surface area contributed by atoms with E-state index in [9.17, 15) is 21.6 Å². The van der Waals surface area contributed by atoms with Gasteiger partial charge >= 0.3 is 6.18 Å². The molecule has 5 nitrogen and oxygen atoms in total. The Morgan fingerprint density at radius 2 is 1.70 bits per heavy atom. The molecule has 0 saturated heterocycles. The van der Waals surface area contributed by atoms with Gasteiger partial charge in [-0.25, -0.2) is 13.4 Å². The summed E-state index contributed by atoms with van der Waals surface area (Å²) >= 11 is 0. The lowest BCUT2D eigenvalue weighted by atomic mass is 10.2. The third kappa shape index (κ3) is 3.92. The Morgan fingerprint density at radius 3 is 2.22 bits per heavy atom. The van der Waals surface area contributed by atoms with Gasteiger partial charge in [0.2, 0.25) is 0 Å². The molecule has 9 heteroatoms. The number of aryl methyl sites for hydroxylation is 1. The number of halogens is 3. The summed E-state index contributed by atoms with van der Waals surface area (Å²) in [6.07, 6.45) is -4.53. The highest BCUT2D eigenvalue weighted by Gasteiger charge is 2.30. The second-order valence-electron chi connectivity index (χ2n) is 4.63. The van der Waals surface area contributed by atoms with E-state index in [4.69, 9.17) is 4.74 Å². The lowest BCUT2D eigenvalue weighted by Crippen LogP contribution is -2.15. The molecule has 0 aliphatic rings. The molecule has 2 rings (SSSR count). The number of benzene rings is 1. The number of nitrogens with zero attached hydrogens (tertiary/aromatic N) is 1. The van der Waals surface area contributed by atoms with Crippen molar-refractivity contribution in [3.63, 3.8) is 0 Å². The van der Waals surface area contributed by atoms with Gasteiger partial charge in [-0.2, -0.15) is 13.2 Å². The van der Waals surface area contributed by atoms with Gasteiger partial charge in [0, 0.05) is 5.69 Å². The van der Waals surface area contributed by atoms with Crippen LogP contribution >= 0.6 is 0 Å². The third-order valence-electron chi connectivity index (χ3n) is 2.94. The molecule has 124 valence electrons. The Kier molecular flexibility index (Phi) is 4.51. The fraction of sp³-hybridized carbons (Fsp3) is 0.214. The second-order valence-corrected chi connectivity index (χ2v) is 6.31. The van der Waals surface area contributed by atoms with E-state index in [1.807, 2.05) is 0 Å². The lowest BCUT2D eigenvalue weighted by Gasteiger charge is -2.12. The Labute approximate surface area is 131 Å². The van der Waals surface area contributed by atoms with Crippen LogP contribution in [0.25, 0.3) is 0 Å². The van der Waals surface area contributed by atoms with Crippen molar-refractivity contribution in [2.45, 2.75) is 18.0 Å². The van der Waals surface area contributed by atoms with Gasteiger partial charge in [-0.1, -0.05) is 0 Å². The van der Waals surface area contributed by atoms with Gasteiger partial charge in [-0.15, -0.1) is 0 Å². The summed E-state index contributed by atoms with van der Waals surface area (Å²) < 4.78 is 69.3. The summed E-state index contributed by atoms with van der Waals surface area (Å²) in [5.41, 5.74) is -0.376. The van der Waals surface area contributed by atoms with Gasteiger partial charge in [-0.3, -0.25) is 4.72 Å². The Bertz CT molecular complexity index is 803. The first-order valence-electron chi connectivity index (χ1n) is 6.35. The molecule has 0 radical (unpaired) electrons. The van der Waals surface area contributed by atoms with Gasteiger partial charge in [0.25, 0.3) is 10.0 Å². The van der Waals surface area contributed by atoms with Gasteiger partial charge in [0.1, 0.15) is 0 Å². The topological polar surface area (TPSA) is 68.3 Å². The van der Waals surface area contributed by atoms with Crippen LogP contribution in [0.3, 0.4) is 0 Å². The molecule has 0 amide bonds. The van der Waals surface area contributed by atoms with Gasteiger partial charge in [0.15, 0.2) is 11.6 Å². The molecule has 0 bridgehead atoms. The maximum Gasteiger partial charge on any atom is 0.416 e. The summed E-state index contributed by atoms with van der Waals surface area (Å²) in [6, 6.07) is 6.34. The molecule has 2 aromatic rings. The first-order valence-corrected chi connectivity index (χ1v) is 7.83. The summed E-state index contributed by atoms with van der Waals surface area (Å²) in [6.45, 7) is 1.66. The second kappa shape index (κ2) is 6.07. The molecule has 0 atom stereocenters. The Morgan fingerprint density at radius 1 is 1.09 bits per heavy atom. The maximum absolute atomic E-state index is 12.5. The molecular weight excluding hydrogens is 333 g/mol. The number of anilines is 1. The van der Waals surface area contributed by atoms with Gasteiger partial charge in [0.05, 0.1) is 17.6 Å². The van der Waals surface area contributed by atoms with Crippen LogP contribution < -0.4 is 9.46 Å². The fourth-order valence-corrected chi connectivity index (χ4v) is 2.80. The molecule has 0 fully saturated rings. The highest BCUT2D eigenvalue weighted by atomic mass is 32.2. The molecule has 23 heavy (non-hydrogen) atoms. The normalized spacial score (nSPS) is 12.0. The number of alkyl halides is 3. The number of pyridine rings is 1. The van der Waals surface area contributed by atoms with Crippen LogP contribution in [0, 0.1) is 6.92 Å². The number of sulfonamides is 1. The minimum absolute atomic E-state index is 0.0348. The largest absolute Gasteiger partial charge is 0.493 e. The minimum Gasteiger partial charge on any atom is -0.493 e. The first-order chi connectivity index (χ1) is 10.6. The van der Waals surface area contributed by atoms with Crippen molar-refractivity contribution >= 4 is 15.8 Å². The number of hydrogen-bond acceptors (Lipinski definition) is 4. The Hall–Kier alpha value is -2.29. The molecular formula is C14H13F3N2O3S. The molecule has 0 spiro atoms. The van der Waals surface area contributed by atoms with Crippen molar-refractivity contribution in [2.75, 3.05) is 11.8 Å². The van der Waals surface area contributed by atoms with Crippen LogP contribution in [0.15, 0.2) is 41.3 Å². The van der Waals surface area contributed by atoms with Crippen molar-refractivity contribution in [2.24, 2.45) is 0 Å². The van der Waals surface area contributed by atoms with E-state index in [1.54, 1.807) is 13.0 Å². The van der Waals surface area contributed by atoms with E-state index in [-0.39, 0.29) is 16.5 Å². The molecule has 0 aliphatic carbocycles. The van der Waals surface area contributed by atoms with E-state index in [1.165, 1.54) is 13.2 Å². The van der Waals surface area contributed by atoms with E-state index in [2.05, 4.69) is 9.71 Å². The lowest BCUT2D eigenvalue weighted by molar-refractivity contribution is -0.137. The average Bonchev–Trinajstić information content (AvgIpc) is 2.46. The first kappa shape index (κ1) is 17.1. The molecule has 0 aliphatic heterocycles. The number of hydrogen-bond donors (Lipinski definition) is 1. The van der Waals surface area contributed by atoms with E-state index in [0.717, 1.165) is 12.1 Å². The maximum atomic E-state index is 12.5. The van der Waals surface area contributed by atoms with Crippen LogP contribution in [-0.4, -0.2) is 20.5 Å². The van der Waals surface area contributed by atoms with Crippen LogP contribution in [0.5, 0.6) is 5.75 Å². The van der Waals surface area contributed by atoms with Crippen LogP contribution in [-0.2, 0) is 16.2 Å². The summed E-state index contributed by atoms with van der Waals surface area (Å²) in [5.74, 6) is 0.165. The molecule has 1 heterocycles. The molecule has 0 saturated carbocycles. The van der Waals surface area contributed by atoms with Crippen molar-refractivity contribution in [3.8, 4) is 5.75 Å². The monoisotopic (exact) mass is 346 g/mol. The summed E-state index contributed by atoms with van der Waals surface area (Å²) in [5, 5.41) is 0. The zero-order valence-electron chi connectivity index (χ0n) is 12.2. The predicted octanol–water partition coefficient (Wildman–Crippen LogP) is 3.22. The van der Waals surface area contributed by atoms with Crippen molar-refractivity contribution in [1.82, 2.24) is 4.98 Å². The minimum atomic E-state index is -4.53. The summed E-state index contributed by atoms with van der Waals surface area (Å²) in [4.78, 5) is 3.71. The zero-order chi connectivity index (χ0) is 17.3. The quantitative estimate of drug-likeness (QED) is 0.923. The van der Waals surface area contributed by atoms with Crippen LogP contribution in [0.1, 0.15) is 11.3 Å². The molecule has 0 unspecified atom stereocenters. The van der Waals surface area contributed by atoms with Gasteiger partial charge in [-0.05, 0) is 43.3 Å². The van der Waals surface area contributed by atoms with Crippen molar-refractivity contribution in [3.05, 3.63) is 47.7 Å². The van der Waals surface area contributed by atoms with E-state index < -0.39 is 21.8 Å². The van der Waals surface area contributed by atoms with Gasteiger partial charge < -0.3 is 4.74 Å². The molecule has 1 aromatic heterocycles. The van der Waals surface area contributed by atoms with Crippen LogP contribution in [0.2, 0.25) is 0 Å². The average molecular weight is 346 g/mol. The zero-order valence-corrected chi connectivity index (χ0v) is 13.0. The van der Waals surface area contributed by atoms with Crippen molar-refractivity contribution in [1.29, 1.82) is 0 Å². The third-order valence-corrected chi connectivity index (χ3v) is 4.30. The predicted molar refractivity (Wildman–Crippen MR) is 77.8 cm³/mol. The van der Waals surface area contributed by atoms with E-state index >= 15 is 0 Å². The van der Waals surface area contributed by atoms with Crippen LogP contribution in [0.4, 0.5) is 19.0 Å². The molecule has 1 aromatic carbocycles. The number of rotatable bonds is 4. The standard InChI is InChI=1S/C14H13F3N2O3S/c1-9-3-8-12(22-2)13(18-9)19-23(20,21)11-6-4-10(5-7-11)14(15,16)17/h3-8H,1-2H3,(H,18,19). The van der Waals surface area contributed by atoms with Crippen molar-refractivity contribution < 1.29 is 26.3 Å². The summed E-state index contributed by atoms with van der Waals surface area (Å²) in [7, 11) is -2.74. The Balaban J connectivity index is 2.34. The molecule has 1 N–H and O–H groups in total. The number of ether oxygens (including phenoxy) is 1. The fourth-order valence-electron chi connectivity index (χ4n) is 1.79. The highest BCUT2D eigenvalue weighted by Crippen LogP contribution is 2.30. The number of methoxy groups -OCH3 is 1.